The van der Waals surface area contributed by atoms with Gasteiger partial charge in [0, 0.05) is 23.2 Å². The molecule has 0 spiro atoms. The first-order valence-electron chi connectivity index (χ1n) is 9.08. The lowest BCUT2D eigenvalue weighted by Crippen LogP contribution is -1.85. The van der Waals surface area contributed by atoms with Gasteiger partial charge >= 0.3 is 0 Å². The zero-order chi connectivity index (χ0) is 18.8. The summed E-state index contributed by atoms with van der Waals surface area (Å²) >= 11 is 0. The molecule has 4 nitrogen and oxygen atoms in total. The minimum absolute atomic E-state index is 0.950. The number of rotatable bonds is 0. The van der Waals surface area contributed by atoms with Crippen molar-refractivity contribution < 1.29 is 0 Å². The number of benzene rings is 3. The van der Waals surface area contributed by atoms with Gasteiger partial charge in [-0.05, 0) is 48.5 Å². The van der Waals surface area contributed by atoms with Crippen LogP contribution in [0.15, 0.2) is 97.3 Å². The summed E-state index contributed by atoms with van der Waals surface area (Å²) in [5.41, 5.74) is 5.83. The summed E-state index contributed by atoms with van der Waals surface area (Å²) in [6, 6.07) is 27.9. The minimum atomic E-state index is 0.950. The third kappa shape index (κ3) is 3.01. The lowest BCUT2D eigenvalue weighted by molar-refractivity contribution is 1.39. The molecule has 3 aromatic heterocycles. The predicted octanol–water partition coefficient (Wildman–Crippen LogP) is 5.57. The summed E-state index contributed by atoms with van der Waals surface area (Å²) in [6.45, 7) is 0. The van der Waals surface area contributed by atoms with E-state index in [1.165, 1.54) is 0 Å². The van der Waals surface area contributed by atoms with E-state index in [1.54, 1.807) is 6.20 Å². The highest BCUT2D eigenvalue weighted by atomic mass is 14.8. The normalized spacial score (nSPS) is 10.9. The van der Waals surface area contributed by atoms with E-state index in [4.69, 9.17) is 0 Å². The molecular weight excluding hydrogens is 344 g/mol. The van der Waals surface area contributed by atoms with Gasteiger partial charge in [0.1, 0.15) is 0 Å². The molecule has 0 unspecified atom stereocenters. The Hall–Kier alpha value is -3.92. The highest BCUT2D eigenvalue weighted by Crippen LogP contribution is 2.21. The van der Waals surface area contributed by atoms with E-state index in [-0.39, 0.29) is 0 Å². The van der Waals surface area contributed by atoms with Gasteiger partial charge in [0.25, 0.3) is 0 Å². The van der Waals surface area contributed by atoms with Gasteiger partial charge in [0.15, 0.2) is 0 Å². The fourth-order valence-electron chi connectivity index (χ4n) is 3.26. The van der Waals surface area contributed by atoms with E-state index < -0.39 is 0 Å². The van der Waals surface area contributed by atoms with Crippen LogP contribution in [-0.2, 0) is 0 Å². The third-order valence-corrected chi connectivity index (χ3v) is 4.60. The van der Waals surface area contributed by atoms with Crippen molar-refractivity contribution in [1.29, 1.82) is 0 Å². The van der Waals surface area contributed by atoms with E-state index in [1.807, 2.05) is 72.9 Å². The first-order valence-corrected chi connectivity index (χ1v) is 9.08. The van der Waals surface area contributed by atoms with Crippen LogP contribution in [0.2, 0.25) is 0 Å². The second-order valence-corrected chi connectivity index (χ2v) is 6.41. The highest BCUT2D eigenvalue weighted by Gasteiger charge is 2.00. The lowest BCUT2D eigenvalue weighted by Gasteiger charge is -2.00. The van der Waals surface area contributed by atoms with Gasteiger partial charge in [-0.1, -0.05) is 36.4 Å². The first-order chi connectivity index (χ1) is 13.9. The van der Waals surface area contributed by atoms with Gasteiger partial charge in [0.05, 0.1) is 33.1 Å². The summed E-state index contributed by atoms with van der Waals surface area (Å²) in [7, 11) is 0. The van der Waals surface area contributed by atoms with Gasteiger partial charge in [-0.2, -0.15) is 0 Å². The Kier molecular flexibility index (Phi) is 4.07. The molecule has 3 heterocycles. The highest BCUT2D eigenvalue weighted by molar-refractivity contribution is 6.03. The van der Waals surface area contributed by atoms with E-state index >= 15 is 0 Å². The molecule has 0 aliphatic heterocycles. The van der Waals surface area contributed by atoms with Crippen molar-refractivity contribution in [2.45, 2.75) is 0 Å². The van der Waals surface area contributed by atoms with E-state index in [0.717, 1.165) is 43.9 Å². The van der Waals surface area contributed by atoms with Crippen molar-refractivity contribution in [3.63, 3.8) is 0 Å². The SMILES string of the molecule is c1ccc2nc3ccccc3nc2c1.c1cnc2c(c1)ccc1ncccc12. The van der Waals surface area contributed by atoms with Crippen molar-refractivity contribution >= 4 is 43.9 Å². The Morgan fingerprint density at radius 1 is 0.429 bits per heavy atom. The second kappa shape index (κ2) is 7.00. The monoisotopic (exact) mass is 360 g/mol. The molecule has 0 aliphatic rings. The Bertz CT molecular complexity index is 1250. The quantitative estimate of drug-likeness (QED) is 0.263. The van der Waals surface area contributed by atoms with Crippen LogP contribution in [0.25, 0.3) is 43.9 Å². The fourth-order valence-corrected chi connectivity index (χ4v) is 3.26. The molecule has 0 fully saturated rings. The molecule has 0 aliphatic carbocycles. The van der Waals surface area contributed by atoms with Crippen LogP contribution in [-0.4, -0.2) is 19.9 Å². The Labute approximate surface area is 161 Å². The maximum atomic E-state index is 4.52. The molecule has 0 atom stereocenters. The van der Waals surface area contributed by atoms with Crippen molar-refractivity contribution in [2.24, 2.45) is 0 Å². The average molecular weight is 360 g/mol. The predicted molar refractivity (Wildman–Crippen MR) is 114 cm³/mol. The van der Waals surface area contributed by atoms with Gasteiger partial charge in [-0.15, -0.1) is 0 Å². The van der Waals surface area contributed by atoms with Crippen LogP contribution < -0.4 is 0 Å². The molecule has 0 radical (unpaired) electrons. The molecule has 0 amide bonds. The number of hydrogen-bond acceptors (Lipinski definition) is 4. The van der Waals surface area contributed by atoms with Crippen molar-refractivity contribution in [2.75, 3.05) is 0 Å². The van der Waals surface area contributed by atoms with Crippen LogP contribution >= 0.6 is 0 Å². The maximum absolute atomic E-state index is 4.52. The van der Waals surface area contributed by atoms with Gasteiger partial charge in [-0.3, -0.25) is 9.97 Å². The molecule has 6 rings (SSSR count). The molecule has 3 aromatic carbocycles. The molecule has 4 heteroatoms. The fraction of sp³-hybridized carbons (Fsp3) is 0. The maximum Gasteiger partial charge on any atom is 0.0894 e. The second-order valence-electron chi connectivity index (χ2n) is 6.41. The van der Waals surface area contributed by atoms with Crippen molar-refractivity contribution in [3.8, 4) is 0 Å². The number of nitrogens with zero attached hydrogens (tertiary/aromatic N) is 4. The van der Waals surface area contributed by atoms with Crippen LogP contribution in [0.3, 0.4) is 0 Å². The van der Waals surface area contributed by atoms with E-state index in [0.29, 0.717) is 0 Å². The molecule has 0 N–H and O–H groups in total. The molecule has 132 valence electrons. The van der Waals surface area contributed by atoms with Crippen molar-refractivity contribution in [1.82, 2.24) is 19.9 Å². The molecule has 6 aromatic rings. The van der Waals surface area contributed by atoms with Gasteiger partial charge in [-0.25, -0.2) is 9.97 Å². The molecule has 0 saturated carbocycles. The van der Waals surface area contributed by atoms with Crippen molar-refractivity contribution in [3.05, 3.63) is 97.3 Å². The lowest BCUT2D eigenvalue weighted by atomic mass is 10.1. The zero-order valence-electron chi connectivity index (χ0n) is 15.0. The summed E-state index contributed by atoms with van der Waals surface area (Å²) in [6.07, 6.45) is 3.62. The molecule has 28 heavy (non-hydrogen) atoms. The van der Waals surface area contributed by atoms with E-state index in [2.05, 4.69) is 38.1 Å². The topological polar surface area (TPSA) is 51.6 Å². The number of hydrogen-bond donors (Lipinski definition) is 0. The van der Waals surface area contributed by atoms with Gasteiger partial charge < -0.3 is 0 Å². The zero-order valence-corrected chi connectivity index (χ0v) is 15.0. The Morgan fingerprint density at radius 2 is 1.00 bits per heavy atom. The summed E-state index contributed by atoms with van der Waals surface area (Å²) in [4.78, 5) is 17.7. The molecule has 0 saturated heterocycles. The molecule has 0 bridgehead atoms. The Morgan fingerprint density at radius 3 is 1.64 bits per heavy atom. The summed E-state index contributed by atoms with van der Waals surface area (Å²) in [5, 5.41) is 2.28. The van der Waals surface area contributed by atoms with Crippen LogP contribution in [0.1, 0.15) is 0 Å². The standard InChI is InChI=1S/2C12H8N2/c1-3-9-5-6-11-10(4-2-7-13-11)12(9)14-8-1;1-2-6-10-9(5-1)13-11-7-3-4-8-12(11)14-10/h2*1-8H. The largest absolute Gasteiger partial charge is 0.256 e. The summed E-state index contributed by atoms with van der Waals surface area (Å²) in [5.74, 6) is 0. The smallest absolute Gasteiger partial charge is 0.0894 e. The number of aromatic nitrogens is 4. The Balaban J connectivity index is 0.000000122. The van der Waals surface area contributed by atoms with Gasteiger partial charge in [0.2, 0.25) is 0 Å². The number of fused-ring (bicyclic) bond motifs is 5. The van der Waals surface area contributed by atoms with Crippen LogP contribution in [0, 0.1) is 0 Å². The van der Waals surface area contributed by atoms with E-state index in [9.17, 15) is 0 Å². The van der Waals surface area contributed by atoms with Crippen LogP contribution in [0.5, 0.6) is 0 Å². The third-order valence-electron chi connectivity index (χ3n) is 4.60. The van der Waals surface area contributed by atoms with Crippen LogP contribution in [0.4, 0.5) is 0 Å². The molecular formula is C24H16N4. The first kappa shape index (κ1) is 16.3. The summed E-state index contributed by atoms with van der Waals surface area (Å²) < 4.78 is 0. The average Bonchev–Trinajstić information content (AvgIpc) is 2.78. The minimum Gasteiger partial charge on any atom is -0.256 e. The number of pyridine rings is 2. The number of para-hydroxylation sites is 4.